The van der Waals surface area contributed by atoms with Crippen LogP contribution in [0.5, 0.6) is 0 Å². The maximum absolute atomic E-state index is 13.2. The Morgan fingerprint density at radius 1 is 1.20 bits per heavy atom. The molecule has 3 heteroatoms. The summed E-state index contributed by atoms with van der Waals surface area (Å²) in [4.78, 5) is 0. The molecule has 0 heterocycles. The highest BCUT2D eigenvalue weighted by Crippen LogP contribution is 2.24. The molecule has 0 spiro atoms. The van der Waals surface area contributed by atoms with E-state index in [9.17, 15) is 4.39 Å². The van der Waals surface area contributed by atoms with E-state index < -0.39 is 0 Å². The molecule has 2 aromatic rings. The van der Waals surface area contributed by atoms with Crippen LogP contribution < -0.4 is 5.32 Å². The predicted octanol–water partition coefficient (Wildman–Crippen LogP) is 4.54. The van der Waals surface area contributed by atoms with E-state index in [1.165, 1.54) is 17.2 Å². The highest BCUT2D eigenvalue weighted by molar-refractivity contribution is 6.30. The fourth-order valence-electron chi connectivity index (χ4n) is 2.47. The number of likely N-dealkylation sites (N-methyl/N-ethyl adjacent to an activating group) is 1. The highest BCUT2D eigenvalue weighted by Gasteiger charge is 2.14. The molecule has 20 heavy (non-hydrogen) atoms. The molecule has 0 aliphatic carbocycles. The Morgan fingerprint density at radius 3 is 2.60 bits per heavy atom. The van der Waals surface area contributed by atoms with Crippen molar-refractivity contribution in [3.05, 3.63) is 70.0 Å². The monoisotopic (exact) mass is 291 g/mol. The third-order valence-corrected chi connectivity index (χ3v) is 3.87. The number of benzene rings is 2. The molecule has 2 aromatic carbocycles. The third kappa shape index (κ3) is 3.38. The number of halogens is 2. The van der Waals surface area contributed by atoms with Crippen molar-refractivity contribution in [2.24, 2.45) is 0 Å². The van der Waals surface area contributed by atoms with E-state index in [4.69, 9.17) is 11.6 Å². The molecule has 1 unspecified atom stereocenters. The van der Waals surface area contributed by atoms with Crippen molar-refractivity contribution in [1.29, 1.82) is 0 Å². The van der Waals surface area contributed by atoms with E-state index >= 15 is 0 Å². The van der Waals surface area contributed by atoms with E-state index in [0.29, 0.717) is 0 Å². The predicted molar refractivity (Wildman–Crippen MR) is 82.7 cm³/mol. The highest BCUT2D eigenvalue weighted by atomic mass is 35.5. The van der Waals surface area contributed by atoms with Crippen LogP contribution in [0, 0.1) is 5.82 Å². The molecule has 106 valence electrons. The van der Waals surface area contributed by atoms with Crippen LogP contribution in [-0.2, 0) is 12.8 Å². The Hall–Kier alpha value is -1.38. The lowest BCUT2D eigenvalue weighted by atomic mass is 9.94. The zero-order valence-electron chi connectivity index (χ0n) is 11.8. The van der Waals surface area contributed by atoms with Gasteiger partial charge in [-0.15, -0.1) is 0 Å². The first kappa shape index (κ1) is 15.0. The van der Waals surface area contributed by atoms with Crippen molar-refractivity contribution in [3.63, 3.8) is 0 Å². The van der Waals surface area contributed by atoms with E-state index in [1.54, 1.807) is 12.1 Å². The lowest BCUT2D eigenvalue weighted by molar-refractivity contribution is 0.584. The average molecular weight is 292 g/mol. The summed E-state index contributed by atoms with van der Waals surface area (Å²) < 4.78 is 13.2. The molecule has 0 aliphatic rings. The van der Waals surface area contributed by atoms with Gasteiger partial charge in [0.15, 0.2) is 0 Å². The zero-order valence-corrected chi connectivity index (χ0v) is 12.5. The third-order valence-electron chi connectivity index (χ3n) is 3.58. The molecule has 1 nitrogen and oxygen atoms in total. The van der Waals surface area contributed by atoms with Crippen molar-refractivity contribution in [1.82, 2.24) is 5.32 Å². The van der Waals surface area contributed by atoms with Crippen molar-refractivity contribution < 1.29 is 4.39 Å². The van der Waals surface area contributed by atoms with Crippen LogP contribution in [0.4, 0.5) is 4.39 Å². The summed E-state index contributed by atoms with van der Waals surface area (Å²) in [5.41, 5.74) is 3.65. The number of hydrogen-bond donors (Lipinski definition) is 1. The van der Waals surface area contributed by atoms with Gasteiger partial charge >= 0.3 is 0 Å². The van der Waals surface area contributed by atoms with E-state index in [2.05, 4.69) is 36.5 Å². The summed E-state index contributed by atoms with van der Waals surface area (Å²) in [6, 6.07) is 13.5. The normalized spacial score (nSPS) is 12.4. The first-order valence-electron chi connectivity index (χ1n) is 6.84. The molecule has 0 fully saturated rings. The minimum Gasteiger partial charge on any atom is -0.313 e. The van der Waals surface area contributed by atoms with Crippen molar-refractivity contribution in [2.75, 3.05) is 7.05 Å². The topological polar surface area (TPSA) is 12.0 Å². The fraction of sp³-hybridized carbons (Fsp3) is 0.294. The quantitative estimate of drug-likeness (QED) is 0.852. The van der Waals surface area contributed by atoms with Crippen LogP contribution in [0.1, 0.15) is 29.7 Å². The van der Waals surface area contributed by atoms with Crippen LogP contribution in [0.2, 0.25) is 5.02 Å². The number of nitrogens with one attached hydrogen (secondary N) is 1. The molecule has 2 rings (SSSR count). The lowest BCUT2D eigenvalue weighted by Crippen LogP contribution is -2.20. The number of aryl methyl sites for hydroxylation is 1. The number of rotatable bonds is 5. The van der Waals surface area contributed by atoms with Gasteiger partial charge in [0.25, 0.3) is 0 Å². The molecule has 0 amide bonds. The Morgan fingerprint density at radius 2 is 1.95 bits per heavy atom. The van der Waals surface area contributed by atoms with Crippen LogP contribution >= 0.6 is 11.6 Å². The molecule has 1 N–H and O–H groups in total. The summed E-state index contributed by atoms with van der Waals surface area (Å²) in [5, 5.41) is 3.52. The summed E-state index contributed by atoms with van der Waals surface area (Å²) in [7, 11) is 1.95. The molecule has 0 aromatic heterocycles. The average Bonchev–Trinajstić information content (AvgIpc) is 2.48. The second-order valence-electron chi connectivity index (χ2n) is 4.85. The first-order valence-corrected chi connectivity index (χ1v) is 7.22. The molecular weight excluding hydrogens is 273 g/mol. The Balaban J connectivity index is 2.26. The van der Waals surface area contributed by atoms with E-state index in [-0.39, 0.29) is 16.9 Å². The SMILES string of the molecule is CCc1ccccc1C(Cc1ccc(F)c(Cl)c1)NC. The molecular formula is C17H19ClFN. The number of hydrogen-bond acceptors (Lipinski definition) is 1. The summed E-state index contributed by atoms with van der Waals surface area (Å²) >= 11 is 5.85. The van der Waals surface area contributed by atoms with Gasteiger partial charge in [-0.25, -0.2) is 4.39 Å². The van der Waals surface area contributed by atoms with Crippen LogP contribution in [-0.4, -0.2) is 7.05 Å². The Bertz CT molecular complexity index is 583. The van der Waals surface area contributed by atoms with Gasteiger partial charge in [0.2, 0.25) is 0 Å². The van der Waals surface area contributed by atoms with Gasteiger partial charge < -0.3 is 5.32 Å². The summed E-state index contributed by atoms with van der Waals surface area (Å²) in [6.45, 7) is 2.15. The minimum absolute atomic E-state index is 0.182. The summed E-state index contributed by atoms with van der Waals surface area (Å²) in [5.74, 6) is -0.370. The second-order valence-corrected chi connectivity index (χ2v) is 5.25. The molecule has 0 saturated carbocycles. The van der Waals surface area contributed by atoms with E-state index in [1.807, 2.05) is 7.05 Å². The van der Waals surface area contributed by atoms with Gasteiger partial charge in [0, 0.05) is 6.04 Å². The maximum Gasteiger partial charge on any atom is 0.141 e. The van der Waals surface area contributed by atoms with Gasteiger partial charge in [-0.05, 0) is 48.7 Å². The Kier molecular flexibility index (Phi) is 5.16. The van der Waals surface area contributed by atoms with Crippen molar-refractivity contribution in [2.45, 2.75) is 25.8 Å². The first-order chi connectivity index (χ1) is 9.65. The fourth-order valence-corrected chi connectivity index (χ4v) is 2.67. The smallest absolute Gasteiger partial charge is 0.141 e. The van der Waals surface area contributed by atoms with Crippen molar-refractivity contribution >= 4 is 11.6 Å². The van der Waals surface area contributed by atoms with Gasteiger partial charge in [-0.1, -0.05) is 48.9 Å². The lowest BCUT2D eigenvalue weighted by Gasteiger charge is -2.20. The standard InChI is InChI=1S/C17H19ClFN/c1-3-13-6-4-5-7-14(13)17(20-2)11-12-8-9-16(19)15(18)10-12/h4-10,17,20H,3,11H2,1-2H3. The van der Waals surface area contributed by atoms with Gasteiger partial charge in [0.05, 0.1) is 5.02 Å². The Labute approximate surface area is 124 Å². The largest absolute Gasteiger partial charge is 0.313 e. The van der Waals surface area contributed by atoms with Crippen LogP contribution in [0.3, 0.4) is 0 Å². The molecule has 0 saturated heterocycles. The van der Waals surface area contributed by atoms with Gasteiger partial charge in [-0.2, -0.15) is 0 Å². The molecule has 0 aliphatic heterocycles. The van der Waals surface area contributed by atoms with Crippen LogP contribution in [0.15, 0.2) is 42.5 Å². The van der Waals surface area contributed by atoms with Gasteiger partial charge in [0.1, 0.15) is 5.82 Å². The molecule has 0 radical (unpaired) electrons. The molecule has 0 bridgehead atoms. The second kappa shape index (κ2) is 6.87. The summed E-state index contributed by atoms with van der Waals surface area (Å²) in [6.07, 6.45) is 1.78. The maximum atomic E-state index is 13.2. The van der Waals surface area contributed by atoms with Crippen molar-refractivity contribution in [3.8, 4) is 0 Å². The zero-order chi connectivity index (χ0) is 14.5. The van der Waals surface area contributed by atoms with Crippen LogP contribution in [0.25, 0.3) is 0 Å². The molecule has 1 atom stereocenters. The minimum atomic E-state index is -0.370. The van der Waals surface area contributed by atoms with Gasteiger partial charge in [-0.3, -0.25) is 0 Å². The van der Waals surface area contributed by atoms with E-state index in [0.717, 1.165) is 18.4 Å².